The summed E-state index contributed by atoms with van der Waals surface area (Å²) in [7, 11) is 0. The van der Waals surface area contributed by atoms with E-state index in [1.165, 1.54) is 51.5 Å². The summed E-state index contributed by atoms with van der Waals surface area (Å²) in [5.74, 6) is 0.101. The van der Waals surface area contributed by atoms with Crippen molar-refractivity contribution in [2.45, 2.75) is 63.5 Å². The quantitative estimate of drug-likeness (QED) is 0.864. The molecule has 1 aromatic heterocycles. The van der Waals surface area contributed by atoms with Gasteiger partial charge in [0.05, 0.1) is 0 Å². The zero-order valence-electron chi connectivity index (χ0n) is 12.7. The molecule has 1 aromatic rings. The van der Waals surface area contributed by atoms with Gasteiger partial charge in [0, 0.05) is 29.6 Å². The van der Waals surface area contributed by atoms with Gasteiger partial charge in [0.25, 0.3) is 5.91 Å². The first-order chi connectivity index (χ1) is 10.3. The summed E-state index contributed by atoms with van der Waals surface area (Å²) in [6.07, 6.45) is 10.6. The Hall–Kier alpha value is -0.870. The average Bonchev–Trinajstić information content (AvgIpc) is 2.90. The molecule has 0 bridgehead atoms. The number of rotatable bonds is 3. The second-order valence-corrected chi connectivity index (χ2v) is 7.24. The van der Waals surface area contributed by atoms with Crippen LogP contribution in [-0.2, 0) is 0 Å². The van der Waals surface area contributed by atoms with Crippen LogP contribution in [0, 0.1) is 0 Å². The largest absolute Gasteiger partial charge is 0.348 e. The fourth-order valence-corrected chi connectivity index (χ4v) is 4.38. The minimum atomic E-state index is 0.101. The number of nitrogens with one attached hydrogen (secondary N) is 1. The first-order valence-corrected chi connectivity index (χ1v) is 9.34. The Morgan fingerprint density at radius 2 is 1.95 bits per heavy atom. The third kappa shape index (κ3) is 4.07. The van der Waals surface area contributed by atoms with Crippen LogP contribution in [0.4, 0.5) is 0 Å². The van der Waals surface area contributed by atoms with E-state index in [-0.39, 0.29) is 5.91 Å². The van der Waals surface area contributed by atoms with Crippen LogP contribution in [0.5, 0.6) is 0 Å². The molecule has 1 aliphatic carbocycles. The second-order valence-electron chi connectivity index (χ2n) is 6.46. The molecule has 1 saturated carbocycles. The van der Waals surface area contributed by atoms with Crippen LogP contribution in [0.1, 0.15) is 61.7 Å². The molecule has 0 radical (unpaired) electrons. The highest BCUT2D eigenvalue weighted by molar-refractivity contribution is 7.08. The van der Waals surface area contributed by atoms with Crippen LogP contribution in [0.2, 0.25) is 0 Å². The van der Waals surface area contributed by atoms with Gasteiger partial charge in [-0.1, -0.05) is 25.7 Å². The Kier molecular flexibility index (Phi) is 5.31. The molecule has 2 fully saturated rings. The molecule has 2 aliphatic rings. The Morgan fingerprint density at radius 1 is 1.14 bits per heavy atom. The van der Waals surface area contributed by atoms with Crippen LogP contribution in [0.15, 0.2) is 16.8 Å². The molecule has 1 saturated heterocycles. The van der Waals surface area contributed by atoms with Gasteiger partial charge in [0.2, 0.25) is 0 Å². The summed E-state index contributed by atoms with van der Waals surface area (Å²) in [5.41, 5.74) is 0.812. The predicted octanol–water partition coefficient (Wildman–Crippen LogP) is 3.67. The third-order valence-corrected chi connectivity index (χ3v) is 5.60. The molecular formula is C17H26N2OS. The number of amides is 1. The van der Waals surface area contributed by atoms with Crippen LogP contribution < -0.4 is 5.32 Å². The number of nitrogens with zero attached hydrogens (tertiary/aromatic N) is 1. The Balaban J connectivity index is 1.54. The van der Waals surface area contributed by atoms with Crippen LogP contribution in [0.3, 0.4) is 0 Å². The summed E-state index contributed by atoms with van der Waals surface area (Å²) in [6.45, 7) is 2.26. The normalized spacial score (nSPS) is 25.4. The lowest BCUT2D eigenvalue weighted by molar-refractivity contribution is 0.0861. The topological polar surface area (TPSA) is 32.3 Å². The smallest absolute Gasteiger partial charge is 0.252 e. The Morgan fingerprint density at radius 3 is 2.67 bits per heavy atom. The van der Waals surface area contributed by atoms with Crippen LogP contribution in [0.25, 0.3) is 0 Å². The number of carbonyl (C=O) groups is 1. The SMILES string of the molecule is O=C(NC1CCCN(C2CCCCCC2)C1)c1ccsc1. The fourth-order valence-electron chi connectivity index (χ4n) is 3.74. The maximum absolute atomic E-state index is 12.2. The van der Waals surface area contributed by atoms with E-state index in [0.29, 0.717) is 6.04 Å². The number of carbonyl (C=O) groups excluding carboxylic acids is 1. The zero-order chi connectivity index (χ0) is 14.5. The monoisotopic (exact) mass is 306 g/mol. The van der Waals surface area contributed by atoms with Gasteiger partial charge in [-0.15, -0.1) is 0 Å². The summed E-state index contributed by atoms with van der Waals surface area (Å²) in [4.78, 5) is 14.8. The van der Waals surface area contributed by atoms with Crippen molar-refractivity contribution in [2.75, 3.05) is 13.1 Å². The zero-order valence-corrected chi connectivity index (χ0v) is 13.5. The van der Waals surface area contributed by atoms with Gasteiger partial charge in [-0.3, -0.25) is 9.69 Å². The minimum Gasteiger partial charge on any atom is -0.348 e. The molecule has 3 nitrogen and oxygen atoms in total. The van der Waals surface area contributed by atoms with Gasteiger partial charge in [-0.2, -0.15) is 11.3 Å². The second kappa shape index (κ2) is 7.41. The van der Waals surface area contributed by atoms with Gasteiger partial charge in [-0.25, -0.2) is 0 Å². The van der Waals surface area contributed by atoms with E-state index in [1.807, 2.05) is 16.8 Å². The number of likely N-dealkylation sites (tertiary alicyclic amines) is 1. The molecular weight excluding hydrogens is 280 g/mol. The summed E-state index contributed by atoms with van der Waals surface area (Å²) in [6, 6.07) is 2.99. The molecule has 1 N–H and O–H groups in total. The van der Waals surface area contributed by atoms with Crippen molar-refractivity contribution < 1.29 is 4.79 Å². The standard InChI is InChI=1S/C17H26N2OS/c20-17(14-9-11-21-13-14)18-15-6-5-10-19(12-15)16-7-3-1-2-4-8-16/h9,11,13,15-16H,1-8,10,12H2,(H,18,20). The van der Waals surface area contributed by atoms with Gasteiger partial charge >= 0.3 is 0 Å². The van der Waals surface area contributed by atoms with E-state index in [4.69, 9.17) is 0 Å². The van der Waals surface area contributed by atoms with E-state index in [9.17, 15) is 4.79 Å². The predicted molar refractivity (Wildman–Crippen MR) is 87.9 cm³/mol. The van der Waals surface area contributed by atoms with Gasteiger partial charge in [0.15, 0.2) is 0 Å². The molecule has 3 rings (SSSR count). The van der Waals surface area contributed by atoms with Crippen LogP contribution >= 0.6 is 11.3 Å². The number of thiophene rings is 1. The number of hydrogen-bond donors (Lipinski definition) is 1. The summed E-state index contributed by atoms with van der Waals surface area (Å²) >= 11 is 1.58. The van der Waals surface area contributed by atoms with E-state index in [2.05, 4.69) is 10.2 Å². The van der Waals surface area contributed by atoms with Crippen molar-refractivity contribution in [1.82, 2.24) is 10.2 Å². The van der Waals surface area contributed by atoms with Crippen molar-refractivity contribution >= 4 is 17.2 Å². The first kappa shape index (κ1) is 15.0. The average molecular weight is 306 g/mol. The maximum atomic E-state index is 12.2. The minimum absolute atomic E-state index is 0.101. The summed E-state index contributed by atoms with van der Waals surface area (Å²) < 4.78 is 0. The van der Waals surface area contributed by atoms with Crippen molar-refractivity contribution in [3.8, 4) is 0 Å². The Labute approximate surface area is 131 Å². The molecule has 2 heterocycles. The molecule has 4 heteroatoms. The number of piperidine rings is 1. The lowest BCUT2D eigenvalue weighted by Crippen LogP contribution is -2.50. The molecule has 1 atom stereocenters. The summed E-state index contributed by atoms with van der Waals surface area (Å²) in [5, 5.41) is 7.13. The Bertz CT molecular complexity index is 438. The van der Waals surface area contributed by atoms with Crippen molar-refractivity contribution in [2.24, 2.45) is 0 Å². The van der Waals surface area contributed by atoms with Gasteiger partial charge in [-0.05, 0) is 43.7 Å². The first-order valence-electron chi connectivity index (χ1n) is 8.40. The van der Waals surface area contributed by atoms with Crippen molar-refractivity contribution in [1.29, 1.82) is 0 Å². The van der Waals surface area contributed by atoms with Crippen molar-refractivity contribution in [3.05, 3.63) is 22.4 Å². The lowest BCUT2D eigenvalue weighted by atomic mass is 9.99. The molecule has 0 aromatic carbocycles. The highest BCUT2D eigenvalue weighted by atomic mass is 32.1. The van der Waals surface area contributed by atoms with E-state index in [0.717, 1.165) is 24.6 Å². The van der Waals surface area contributed by atoms with Crippen molar-refractivity contribution in [3.63, 3.8) is 0 Å². The highest BCUT2D eigenvalue weighted by Gasteiger charge is 2.27. The molecule has 1 unspecified atom stereocenters. The van der Waals surface area contributed by atoms with E-state index >= 15 is 0 Å². The lowest BCUT2D eigenvalue weighted by Gasteiger charge is -2.38. The highest BCUT2D eigenvalue weighted by Crippen LogP contribution is 2.24. The van der Waals surface area contributed by atoms with E-state index in [1.54, 1.807) is 11.3 Å². The maximum Gasteiger partial charge on any atom is 0.252 e. The molecule has 1 aliphatic heterocycles. The molecule has 1 amide bonds. The number of hydrogen-bond acceptors (Lipinski definition) is 3. The van der Waals surface area contributed by atoms with Gasteiger partial charge < -0.3 is 5.32 Å². The van der Waals surface area contributed by atoms with E-state index < -0.39 is 0 Å². The fraction of sp³-hybridized carbons (Fsp3) is 0.706. The van der Waals surface area contributed by atoms with Crippen LogP contribution in [-0.4, -0.2) is 36.0 Å². The molecule has 0 spiro atoms. The molecule has 116 valence electrons. The van der Waals surface area contributed by atoms with Gasteiger partial charge in [0.1, 0.15) is 0 Å². The molecule has 21 heavy (non-hydrogen) atoms. The third-order valence-electron chi connectivity index (χ3n) is 4.91.